The number of anilines is 1. The summed E-state index contributed by atoms with van der Waals surface area (Å²) < 4.78 is 25.9. The van der Waals surface area contributed by atoms with Crippen molar-refractivity contribution in [3.8, 4) is 17.0 Å². The first-order chi connectivity index (χ1) is 14.3. The van der Waals surface area contributed by atoms with E-state index in [0.717, 1.165) is 0 Å². The summed E-state index contributed by atoms with van der Waals surface area (Å²) in [5.41, 5.74) is 7.17. The number of benzene rings is 1. The molecule has 1 aromatic heterocycles. The van der Waals surface area contributed by atoms with Gasteiger partial charge in [-0.3, -0.25) is 0 Å². The number of carboxylic acid groups (broad SMARTS) is 2. The van der Waals surface area contributed by atoms with E-state index in [1.54, 1.807) is 0 Å². The van der Waals surface area contributed by atoms with Gasteiger partial charge in [-0.25, -0.2) is 23.5 Å². The Morgan fingerprint density at radius 2 is 1.82 bits per heavy atom. The van der Waals surface area contributed by atoms with Crippen molar-refractivity contribution in [2.45, 2.75) is 25.9 Å². The van der Waals surface area contributed by atoms with Gasteiger partial charge in [0.05, 0.1) is 41.6 Å². The van der Waals surface area contributed by atoms with Gasteiger partial charge in [0.2, 0.25) is 5.95 Å². The molecule has 16 heteroatoms. The Kier molecular flexibility index (Phi) is 12.7. The minimum atomic E-state index is -3.03. The first-order valence-corrected chi connectivity index (χ1v) is 9.16. The Hall–Kier alpha value is -1.12. The van der Waals surface area contributed by atoms with Crippen LogP contribution in [0.2, 0.25) is 10.0 Å². The molecule has 168 valence electrons. The average molecular weight is 524 g/mol. The number of nitrogen functional groups attached to an aromatic ring is 1. The number of nitrogens with zero attached hydrogens (tertiary/aromatic N) is 3. The Balaban J connectivity index is 0.00000158. The van der Waals surface area contributed by atoms with Crippen molar-refractivity contribution in [3.63, 3.8) is 0 Å². The van der Waals surface area contributed by atoms with E-state index < -0.39 is 24.7 Å². The maximum Gasteiger partial charge on any atom is 1.00 e. The van der Waals surface area contributed by atoms with E-state index in [-0.39, 0.29) is 105 Å². The number of fused-ring (bicyclic) bond motifs is 1. The van der Waals surface area contributed by atoms with Gasteiger partial charge >= 0.3 is 65.1 Å². The second-order valence-electron chi connectivity index (χ2n) is 6.47. The largest absolute Gasteiger partial charge is 1.00 e. The van der Waals surface area contributed by atoms with E-state index >= 15 is 0 Å². The number of amides is 2. The normalized spacial score (nSPS) is 11.8. The van der Waals surface area contributed by atoms with Crippen LogP contribution >= 0.6 is 23.2 Å². The van der Waals surface area contributed by atoms with Crippen molar-refractivity contribution in [1.29, 1.82) is 0 Å². The molecule has 0 unspecified atom stereocenters. The Morgan fingerprint density at radius 1 is 1.24 bits per heavy atom. The van der Waals surface area contributed by atoms with Gasteiger partial charge in [0, 0.05) is 17.5 Å². The predicted octanol–water partition coefficient (Wildman–Crippen LogP) is -5.02. The standard InChI is InChI=1S/C16H15Cl2F2N5O2.CH2O3.2Na/c1-16(19,20)6-22-15(27)25-4-8-10(5-25)23-14(21)24-13(8)12-9(18)2-7(17)3-11(12)26;2-1(3)4;;/h2-3,26H,4-6H2,1H3,(H,22,27)(H2,21,23,24);(H2,2,3,4);;/q;;2*+1/p-2. The first kappa shape index (κ1) is 31.9. The van der Waals surface area contributed by atoms with Gasteiger partial charge in [-0.05, 0) is 18.3 Å². The van der Waals surface area contributed by atoms with Crippen LogP contribution in [0.5, 0.6) is 5.75 Å². The SMILES string of the molecule is CC(F)(F)CNC(=O)N1Cc2nc(N)nc(-c3c(O)cc(Cl)cc3Cl)c2C1.O=C([O-])[O-].[Na+].[Na+]. The molecule has 2 amide bonds. The fraction of sp³-hybridized carbons (Fsp3) is 0.294. The minimum absolute atomic E-state index is 0. The van der Waals surface area contributed by atoms with Crippen LogP contribution in [0.15, 0.2) is 12.1 Å². The summed E-state index contributed by atoms with van der Waals surface area (Å²) in [6.45, 7) is 0.0252. The number of hydrogen-bond acceptors (Lipinski definition) is 8. The average Bonchev–Trinajstić information content (AvgIpc) is 3.01. The smallest absolute Gasteiger partial charge is 0.652 e. The van der Waals surface area contributed by atoms with Crippen LogP contribution in [-0.4, -0.2) is 44.6 Å². The maximum absolute atomic E-state index is 13.0. The van der Waals surface area contributed by atoms with Gasteiger partial charge in [0.1, 0.15) is 5.75 Å². The molecule has 10 nitrogen and oxygen atoms in total. The zero-order valence-electron chi connectivity index (χ0n) is 17.8. The van der Waals surface area contributed by atoms with Crippen LogP contribution in [0.3, 0.4) is 0 Å². The van der Waals surface area contributed by atoms with Crippen molar-refractivity contribution in [3.05, 3.63) is 33.4 Å². The Morgan fingerprint density at radius 3 is 2.33 bits per heavy atom. The minimum Gasteiger partial charge on any atom is -0.652 e. The van der Waals surface area contributed by atoms with E-state index in [0.29, 0.717) is 18.2 Å². The maximum atomic E-state index is 13.0. The molecule has 1 aliphatic rings. The van der Waals surface area contributed by atoms with Crippen molar-refractivity contribution in [1.82, 2.24) is 20.2 Å². The van der Waals surface area contributed by atoms with Crippen LogP contribution in [0, 0.1) is 0 Å². The molecule has 0 spiro atoms. The number of carbonyl (C=O) groups excluding carboxylic acids is 2. The number of phenols is 1. The van der Waals surface area contributed by atoms with Gasteiger partial charge in [0.25, 0.3) is 5.92 Å². The summed E-state index contributed by atoms with van der Waals surface area (Å²) in [7, 11) is 0. The van der Waals surface area contributed by atoms with Gasteiger partial charge in [0.15, 0.2) is 0 Å². The van der Waals surface area contributed by atoms with E-state index in [9.17, 15) is 18.7 Å². The Labute approximate surface area is 241 Å². The molecule has 0 saturated heterocycles. The third-order valence-electron chi connectivity index (χ3n) is 3.91. The van der Waals surface area contributed by atoms with Crippen molar-refractivity contribution >= 4 is 41.3 Å². The fourth-order valence-corrected chi connectivity index (χ4v) is 3.33. The molecule has 0 bridgehead atoms. The van der Waals surface area contributed by atoms with Gasteiger partial charge < -0.3 is 36.1 Å². The number of aromatic hydroxyl groups is 1. The van der Waals surface area contributed by atoms with Crippen LogP contribution in [0.25, 0.3) is 11.3 Å². The zero-order chi connectivity index (χ0) is 23.5. The monoisotopic (exact) mass is 523 g/mol. The van der Waals surface area contributed by atoms with Crippen molar-refractivity contribution in [2.75, 3.05) is 12.3 Å². The van der Waals surface area contributed by atoms with E-state index in [1.807, 2.05) is 0 Å². The Bertz CT molecular complexity index is 1000. The number of alkyl halides is 2. The number of nitrogens with two attached hydrogens (primary N) is 1. The number of halogens is 4. The topological polar surface area (TPSA) is 168 Å². The summed E-state index contributed by atoms with van der Waals surface area (Å²) in [6, 6.07) is 2.06. The molecule has 2 aromatic rings. The third-order valence-corrected chi connectivity index (χ3v) is 4.42. The van der Waals surface area contributed by atoms with Gasteiger partial charge in [-0.15, -0.1) is 0 Å². The fourth-order valence-electron chi connectivity index (χ4n) is 2.76. The molecular weight excluding hydrogens is 509 g/mol. The van der Waals surface area contributed by atoms with E-state index in [2.05, 4.69) is 15.3 Å². The number of rotatable bonds is 3. The number of carbonyl (C=O) groups is 2. The summed E-state index contributed by atoms with van der Waals surface area (Å²) >= 11 is 12.1. The molecule has 0 fully saturated rings. The van der Waals surface area contributed by atoms with Crippen molar-refractivity contribution in [2.24, 2.45) is 0 Å². The molecule has 0 aliphatic carbocycles. The second-order valence-corrected chi connectivity index (χ2v) is 7.32. The van der Waals surface area contributed by atoms with Crippen LogP contribution in [0.1, 0.15) is 18.2 Å². The summed E-state index contributed by atoms with van der Waals surface area (Å²) in [5, 5.41) is 29.5. The second kappa shape index (κ2) is 13.1. The molecular formula is C17H15Cl2F2N5Na2O5. The quantitative estimate of drug-likeness (QED) is 0.336. The molecule has 33 heavy (non-hydrogen) atoms. The molecule has 1 aliphatic heterocycles. The zero-order valence-corrected chi connectivity index (χ0v) is 23.3. The molecule has 4 N–H and O–H groups in total. The van der Waals surface area contributed by atoms with Gasteiger partial charge in [-0.2, -0.15) is 0 Å². The number of hydrogen-bond donors (Lipinski definition) is 3. The van der Waals surface area contributed by atoms with Crippen LogP contribution in [0.4, 0.5) is 24.3 Å². The number of aromatic nitrogens is 2. The molecule has 3 rings (SSSR count). The van der Waals surface area contributed by atoms with Gasteiger partial charge in [-0.1, -0.05) is 23.2 Å². The molecule has 0 atom stereocenters. The number of phenolic OH excluding ortho intramolecular Hbond substituents is 1. The summed E-state index contributed by atoms with van der Waals surface area (Å²) in [4.78, 5) is 30.1. The number of urea groups is 1. The summed E-state index contributed by atoms with van der Waals surface area (Å²) in [5.74, 6) is -3.31. The number of nitrogens with one attached hydrogen (secondary N) is 1. The van der Waals surface area contributed by atoms with E-state index in [1.165, 1.54) is 17.0 Å². The molecule has 1 aromatic carbocycles. The van der Waals surface area contributed by atoms with Crippen molar-refractivity contribution < 1.29 is 92.8 Å². The van der Waals surface area contributed by atoms with Crippen LogP contribution < -0.4 is 80.4 Å². The van der Waals surface area contributed by atoms with E-state index in [4.69, 9.17) is 43.9 Å². The molecule has 0 radical (unpaired) electrons. The third kappa shape index (κ3) is 9.21. The first-order valence-electron chi connectivity index (χ1n) is 8.40. The summed E-state index contributed by atoms with van der Waals surface area (Å²) in [6.07, 6.45) is -2.33. The molecule has 2 heterocycles. The molecule has 0 saturated carbocycles. The predicted molar refractivity (Wildman–Crippen MR) is 102 cm³/mol. The van der Waals surface area contributed by atoms with Crippen LogP contribution in [-0.2, 0) is 13.1 Å².